The molecule has 1 unspecified atom stereocenters. The van der Waals surface area contributed by atoms with Crippen molar-refractivity contribution < 1.29 is 18.0 Å². The lowest BCUT2D eigenvalue weighted by atomic mass is 9.86. The van der Waals surface area contributed by atoms with E-state index < -0.39 is 18.2 Å². The Morgan fingerprint density at radius 2 is 1.60 bits per heavy atom. The molecule has 134 valence electrons. The van der Waals surface area contributed by atoms with Gasteiger partial charge in [-0.1, -0.05) is 58.2 Å². The number of rotatable bonds is 2. The molecule has 0 radical (unpaired) electrons. The van der Waals surface area contributed by atoms with Crippen LogP contribution >= 0.6 is 23.2 Å². The highest BCUT2D eigenvalue weighted by molar-refractivity contribution is 6.34. The van der Waals surface area contributed by atoms with Crippen LogP contribution in [0.5, 0.6) is 0 Å². The molecule has 0 spiro atoms. The molecular weight excluding hydrogens is 376 g/mol. The molecule has 25 heavy (non-hydrogen) atoms. The number of hydrogen-bond acceptors (Lipinski definition) is 3. The standard InChI is InChI=1S/C17H12Cl2F3NO.H3N/c1-10-2-4-11(5-3-10)15-9-16(24-23-15,17(20,21)22)12-6-13(18)8-14(19)7-12;/h2-8H,9H2,1H3;1H3. The Bertz CT molecular complexity index is 786. The number of nitrogens with zero attached hydrogens (tertiary/aromatic N) is 1. The smallest absolute Gasteiger partial charge is 0.374 e. The summed E-state index contributed by atoms with van der Waals surface area (Å²) in [6.07, 6.45) is -5.13. The van der Waals surface area contributed by atoms with Crippen LogP contribution in [0.4, 0.5) is 13.2 Å². The van der Waals surface area contributed by atoms with Crippen LogP contribution in [0.3, 0.4) is 0 Å². The molecule has 2 aromatic rings. The van der Waals surface area contributed by atoms with E-state index >= 15 is 0 Å². The van der Waals surface area contributed by atoms with Gasteiger partial charge in [-0.25, -0.2) is 0 Å². The zero-order chi connectivity index (χ0) is 17.5. The van der Waals surface area contributed by atoms with Crippen LogP contribution in [-0.4, -0.2) is 11.9 Å². The van der Waals surface area contributed by atoms with Crippen molar-refractivity contribution in [2.75, 3.05) is 0 Å². The largest absolute Gasteiger partial charge is 0.435 e. The van der Waals surface area contributed by atoms with Crippen LogP contribution in [0, 0.1) is 6.92 Å². The van der Waals surface area contributed by atoms with Gasteiger partial charge in [-0.3, -0.25) is 0 Å². The first-order valence-corrected chi connectivity index (χ1v) is 7.82. The van der Waals surface area contributed by atoms with Crippen molar-refractivity contribution >= 4 is 28.9 Å². The number of oxime groups is 1. The van der Waals surface area contributed by atoms with Gasteiger partial charge >= 0.3 is 6.18 Å². The number of aryl methyl sites for hydroxylation is 1. The van der Waals surface area contributed by atoms with Gasteiger partial charge in [-0.15, -0.1) is 0 Å². The second kappa shape index (κ2) is 6.86. The van der Waals surface area contributed by atoms with Gasteiger partial charge in [0.1, 0.15) is 0 Å². The zero-order valence-electron chi connectivity index (χ0n) is 13.2. The maximum absolute atomic E-state index is 13.8. The van der Waals surface area contributed by atoms with Gasteiger partial charge in [0, 0.05) is 22.0 Å². The van der Waals surface area contributed by atoms with E-state index in [-0.39, 0.29) is 27.5 Å². The Morgan fingerprint density at radius 1 is 1.04 bits per heavy atom. The molecule has 0 saturated heterocycles. The van der Waals surface area contributed by atoms with E-state index in [4.69, 9.17) is 28.0 Å². The molecule has 0 aliphatic carbocycles. The van der Waals surface area contributed by atoms with E-state index in [2.05, 4.69) is 5.16 Å². The maximum Gasteiger partial charge on any atom is 0.435 e. The molecule has 8 heteroatoms. The van der Waals surface area contributed by atoms with E-state index in [9.17, 15) is 13.2 Å². The lowest BCUT2D eigenvalue weighted by Gasteiger charge is -2.29. The number of halogens is 5. The lowest BCUT2D eigenvalue weighted by molar-refractivity contribution is -0.275. The van der Waals surface area contributed by atoms with Gasteiger partial charge in [-0.2, -0.15) is 13.2 Å². The van der Waals surface area contributed by atoms with Crippen LogP contribution in [0.15, 0.2) is 47.6 Å². The van der Waals surface area contributed by atoms with E-state index in [1.165, 1.54) is 18.2 Å². The van der Waals surface area contributed by atoms with Gasteiger partial charge in [0.2, 0.25) is 0 Å². The number of hydrogen-bond donors (Lipinski definition) is 1. The molecule has 0 fully saturated rings. The Labute approximate surface area is 153 Å². The molecular formula is C17H15Cl2F3N2O. The van der Waals surface area contributed by atoms with Crippen molar-refractivity contribution in [3.8, 4) is 0 Å². The summed E-state index contributed by atoms with van der Waals surface area (Å²) < 4.78 is 41.5. The van der Waals surface area contributed by atoms with Gasteiger partial charge in [0.15, 0.2) is 0 Å². The average molecular weight is 391 g/mol. The topological polar surface area (TPSA) is 56.6 Å². The number of benzene rings is 2. The maximum atomic E-state index is 13.8. The molecule has 1 aliphatic heterocycles. The van der Waals surface area contributed by atoms with Crippen molar-refractivity contribution in [2.45, 2.75) is 25.1 Å². The van der Waals surface area contributed by atoms with Crippen molar-refractivity contribution in [1.29, 1.82) is 0 Å². The first kappa shape index (κ1) is 19.6. The molecule has 1 heterocycles. The monoisotopic (exact) mass is 390 g/mol. The number of alkyl halides is 3. The summed E-state index contributed by atoms with van der Waals surface area (Å²) in [5.41, 5.74) is -0.953. The zero-order valence-corrected chi connectivity index (χ0v) is 14.7. The first-order chi connectivity index (χ1) is 11.2. The second-order valence-electron chi connectivity index (χ2n) is 5.65. The third-order valence-electron chi connectivity index (χ3n) is 3.90. The van der Waals surface area contributed by atoms with E-state index in [0.717, 1.165) is 5.56 Å². The van der Waals surface area contributed by atoms with E-state index in [1.807, 2.05) is 19.1 Å². The van der Waals surface area contributed by atoms with Crippen LogP contribution < -0.4 is 6.15 Å². The van der Waals surface area contributed by atoms with E-state index in [1.54, 1.807) is 12.1 Å². The second-order valence-corrected chi connectivity index (χ2v) is 6.53. The Morgan fingerprint density at radius 3 is 2.12 bits per heavy atom. The molecule has 1 atom stereocenters. The van der Waals surface area contributed by atoms with Gasteiger partial charge in [-0.05, 0) is 30.7 Å². The van der Waals surface area contributed by atoms with Crippen LogP contribution in [0.25, 0.3) is 0 Å². The minimum absolute atomic E-state index is 0. The molecule has 0 aromatic heterocycles. The van der Waals surface area contributed by atoms with Crippen molar-refractivity contribution in [2.24, 2.45) is 5.16 Å². The molecule has 3 N–H and O–H groups in total. The molecule has 2 aromatic carbocycles. The fraction of sp³-hybridized carbons (Fsp3) is 0.235. The highest BCUT2D eigenvalue weighted by Gasteiger charge is 2.62. The summed E-state index contributed by atoms with van der Waals surface area (Å²) in [7, 11) is 0. The minimum Gasteiger partial charge on any atom is -0.374 e. The summed E-state index contributed by atoms with van der Waals surface area (Å²) in [5, 5.41) is 3.91. The fourth-order valence-corrected chi connectivity index (χ4v) is 3.12. The summed E-state index contributed by atoms with van der Waals surface area (Å²) in [6, 6.07) is 10.8. The van der Waals surface area contributed by atoms with Crippen LogP contribution in [-0.2, 0) is 10.4 Å². The molecule has 1 aliphatic rings. The Hall–Kier alpha value is -1.76. The third-order valence-corrected chi connectivity index (χ3v) is 4.34. The Kier molecular flexibility index (Phi) is 5.37. The van der Waals surface area contributed by atoms with Crippen molar-refractivity contribution in [3.63, 3.8) is 0 Å². The molecule has 3 rings (SSSR count). The Balaban J connectivity index is 0.00000225. The predicted octanol–water partition coefficient (Wildman–Crippen LogP) is 6.05. The minimum atomic E-state index is -4.68. The molecule has 0 amide bonds. The molecule has 0 saturated carbocycles. The third kappa shape index (κ3) is 3.61. The van der Waals surface area contributed by atoms with Crippen LogP contribution in [0.1, 0.15) is 23.1 Å². The lowest BCUT2D eigenvalue weighted by Crippen LogP contribution is -2.42. The highest BCUT2D eigenvalue weighted by atomic mass is 35.5. The normalized spacial score (nSPS) is 19.8. The van der Waals surface area contributed by atoms with Crippen molar-refractivity contribution in [3.05, 3.63) is 69.2 Å². The summed E-state index contributed by atoms with van der Waals surface area (Å²) in [5.74, 6) is 0. The van der Waals surface area contributed by atoms with Gasteiger partial charge in [0.05, 0.1) is 5.71 Å². The quantitative estimate of drug-likeness (QED) is 0.678. The predicted molar refractivity (Wildman–Crippen MR) is 92.6 cm³/mol. The summed E-state index contributed by atoms with van der Waals surface area (Å²) in [4.78, 5) is 4.94. The molecule has 3 nitrogen and oxygen atoms in total. The SMILES string of the molecule is Cc1ccc(C2=NOC(c3cc(Cl)cc(Cl)c3)(C(F)(F)F)C2)cc1.N. The van der Waals surface area contributed by atoms with Crippen LogP contribution in [0.2, 0.25) is 10.0 Å². The van der Waals surface area contributed by atoms with E-state index in [0.29, 0.717) is 5.56 Å². The molecule has 0 bridgehead atoms. The van der Waals surface area contributed by atoms with Crippen molar-refractivity contribution in [1.82, 2.24) is 6.15 Å². The fourth-order valence-electron chi connectivity index (χ4n) is 2.59. The summed E-state index contributed by atoms with van der Waals surface area (Å²) >= 11 is 11.7. The van der Waals surface area contributed by atoms with Gasteiger partial charge < -0.3 is 11.0 Å². The average Bonchev–Trinajstić information content (AvgIpc) is 2.93. The van der Waals surface area contributed by atoms with Gasteiger partial charge in [0.25, 0.3) is 5.60 Å². The first-order valence-electron chi connectivity index (χ1n) is 7.07. The summed E-state index contributed by atoms with van der Waals surface area (Å²) in [6.45, 7) is 1.89. The highest BCUT2D eigenvalue weighted by Crippen LogP contribution is 2.49.